The number of carbonyl (C=O) groups excluding carboxylic acids is 3. The van der Waals surface area contributed by atoms with Crippen molar-refractivity contribution in [2.24, 2.45) is 0 Å². The van der Waals surface area contributed by atoms with E-state index in [1.165, 1.54) is 28.4 Å². The predicted molar refractivity (Wildman–Crippen MR) is 97.4 cm³/mol. The molecule has 0 radical (unpaired) electrons. The fraction of sp³-hybridized carbons (Fsp3) is 0.316. The minimum Gasteiger partial charge on any atom is -0.351 e. The Balaban J connectivity index is 1.55. The summed E-state index contributed by atoms with van der Waals surface area (Å²) in [6, 6.07) is 8.00. The Morgan fingerprint density at radius 1 is 1.19 bits per heavy atom. The first-order valence-electron chi connectivity index (χ1n) is 8.43. The second-order valence-corrected chi connectivity index (χ2v) is 7.23. The molecule has 0 unspecified atom stereocenters. The minimum absolute atomic E-state index is 0.140. The summed E-state index contributed by atoms with van der Waals surface area (Å²) >= 11 is 1.36. The molecular weight excluding hydrogens is 355 g/mol. The molecule has 1 N–H and O–H groups in total. The van der Waals surface area contributed by atoms with Crippen molar-refractivity contribution in [3.8, 4) is 10.4 Å². The van der Waals surface area contributed by atoms with Crippen molar-refractivity contribution in [2.75, 3.05) is 13.1 Å². The van der Waals surface area contributed by atoms with Gasteiger partial charge in [-0.25, -0.2) is 4.39 Å². The number of aryl methyl sites for hydroxylation is 1. The largest absolute Gasteiger partial charge is 0.351 e. The van der Waals surface area contributed by atoms with E-state index < -0.39 is 0 Å². The van der Waals surface area contributed by atoms with Gasteiger partial charge in [0.1, 0.15) is 5.82 Å². The van der Waals surface area contributed by atoms with Gasteiger partial charge in [0.25, 0.3) is 5.91 Å². The van der Waals surface area contributed by atoms with Crippen LogP contribution in [-0.4, -0.2) is 35.7 Å². The highest BCUT2D eigenvalue weighted by molar-refractivity contribution is 7.17. The first-order chi connectivity index (χ1) is 12.5. The number of benzene rings is 1. The van der Waals surface area contributed by atoms with E-state index in [0.29, 0.717) is 24.4 Å². The lowest BCUT2D eigenvalue weighted by Gasteiger charge is -2.13. The molecule has 2 heterocycles. The van der Waals surface area contributed by atoms with Crippen LogP contribution in [0.3, 0.4) is 0 Å². The zero-order chi connectivity index (χ0) is 18.7. The Kier molecular flexibility index (Phi) is 5.46. The average Bonchev–Trinajstić information content (AvgIpc) is 3.16. The van der Waals surface area contributed by atoms with Crippen LogP contribution in [0.5, 0.6) is 0 Å². The molecular formula is C19H19FN2O3S. The van der Waals surface area contributed by atoms with Crippen LogP contribution in [-0.2, 0) is 9.59 Å². The maximum Gasteiger partial charge on any atom is 0.261 e. The van der Waals surface area contributed by atoms with Gasteiger partial charge in [-0.2, -0.15) is 0 Å². The number of halogens is 1. The van der Waals surface area contributed by atoms with Gasteiger partial charge in [-0.1, -0.05) is 12.1 Å². The molecule has 1 aromatic heterocycles. The van der Waals surface area contributed by atoms with E-state index in [2.05, 4.69) is 5.32 Å². The van der Waals surface area contributed by atoms with Gasteiger partial charge in [0.05, 0.1) is 4.88 Å². The maximum atomic E-state index is 13.1. The lowest BCUT2D eigenvalue weighted by atomic mass is 10.1. The van der Waals surface area contributed by atoms with E-state index in [-0.39, 0.29) is 36.4 Å². The van der Waals surface area contributed by atoms with Crippen LogP contribution in [0.25, 0.3) is 10.4 Å². The Bertz CT molecular complexity index is 829. The van der Waals surface area contributed by atoms with Crippen LogP contribution in [0.2, 0.25) is 0 Å². The Morgan fingerprint density at radius 2 is 1.85 bits per heavy atom. The third-order valence-corrected chi connectivity index (χ3v) is 5.53. The predicted octanol–water partition coefficient (Wildman–Crippen LogP) is 3.13. The quantitative estimate of drug-likeness (QED) is 0.624. The number of amides is 3. The van der Waals surface area contributed by atoms with Crippen LogP contribution in [0.15, 0.2) is 30.3 Å². The standard InChI is InChI=1S/C19H19FN2O3S/c1-12-11-15(26-18(12)13-3-5-14(20)6-4-13)19(25)21-9-2-10-22-16(23)7-8-17(22)24/h3-6,11H,2,7-10H2,1H3,(H,21,25). The van der Waals surface area contributed by atoms with Gasteiger partial charge in [0.15, 0.2) is 0 Å². The van der Waals surface area contributed by atoms with Crippen LogP contribution in [0, 0.1) is 12.7 Å². The molecule has 0 saturated carbocycles. The van der Waals surface area contributed by atoms with Gasteiger partial charge < -0.3 is 5.32 Å². The number of thiophene rings is 1. The number of imide groups is 1. The molecule has 5 nitrogen and oxygen atoms in total. The zero-order valence-electron chi connectivity index (χ0n) is 14.4. The van der Waals surface area contributed by atoms with E-state index >= 15 is 0 Å². The Labute approximate surface area is 154 Å². The lowest BCUT2D eigenvalue weighted by molar-refractivity contribution is -0.138. The maximum absolute atomic E-state index is 13.1. The molecule has 2 aromatic rings. The Hall–Kier alpha value is -2.54. The minimum atomic E-state index is -0.295. The van der Waals surface area contributed by atoms with Gasteiger partial charge in [-0.15, -0.1) is 11.3 Å². The number of carbonyl (C=O) groups is 3. The average molecular weight is 374 g/mol. The van der Waals surface area contributed by atoms with E-state index in [9.17, 15) is 18.8 Å². The number of rotatable bonds is 6. The molecule has 0 bridgehead atoms. The highest BCUT2D eigenvalue weighted by atomic mass is 32.1. The van der Waals surface area contributed by atoms with Crippen LogP contribution >= 0.6 is 11.3 Å². The van der Waals surface area contributed by atoms with Crippen molar-refractivity contribution in [3.63, 3.8) is 0 Å². The smallest absolute Gasteiger partial charge is 0.261 e. The van der Waals surface area contributed by atoms with Gasteiger partial charge in [-0.05, 0) is 42.7 Å². The normalized spacial score (nSPS) is 14.2. The lowest BCUT2D eigenvalue weighted by Crippen LogP contribution is -2.33. The first-order valence-corrected chi connectivity index (χ1v) is 9.25. The summed E-state index contributed by atoms with van der Waals surface area (Å²) in [6.07, 6.45) is 1.09. The fourth-order valence-electron chi connectivity index (χ4n) is 2.88. The second kappa shape index (κ2) is 7.78. The number of likely N-dealkylation sites (tertiary alicyclic amines) is 1. The zero-order valence-corrected chi connectivity index (χ0v) is 15.2. The van der Waals surface area contributed by atoms with Crippen molar-refractivity contribution in [1.82, 2.24) is 10.2 Å². The van der Waals surface area contributed by atoms with Crippen molar-refractivity contribution >= 4 is 29.1 Å². The topological polar surface area (TPSA) is 66.5 Å². The van der Waals surface area contributed by atoms with E-state index in [0.717, 1.165) is 16.0 Å². The highest BCUT2D eigenvalue weighted by Crippen LogP contribution is 2.32. The van der Waals surface area contributed by atoms with Gasteiger partial charge >= 0.3 is 0 Å². The molecule has 3 rings (SSSR count). The summed E-state index contributed by atoms with van der Waals surface area (Å²) in [6.45, 7) is 2.64. The van der Waals surface area contributed by atoms with Crippen LogP contribution in [0.1, 0.15) is 34.5 Å². The number of hydrogen-bond acceptors (Lipinski definition) is 4. The summed E-state index contributed by atoms with van der Waals surface area (Å²) in [5, 5.41) is 2.82. The summed E-state index contributed by atoms with van der Waals surface area (Å²) in [4.78, 5) is 38.1. The molecule has 26 heavy (non-hydrogen) atoms. The number of nitrogens with one attached hydrogen (secondary N) is 1. The van der Waals surface area contributed by atoms with E-state index in [1.54, 1.807) is 12.1 Å². The number of nitrogens with zero attached hydrogens (tertiary/aromatic N) is 1. The molecule has 1 aliphatic heterocycles. The molecule has 1 aromatic carbocycles. The first kappa shape index (κ1) is 18.3. The summed E-state index contributed by atoms with van der Waals surface area (Å²) < 4.78 is 13.1. The fourth-order valence-corrected chi connectivity index (χ4v) is 3.97. The highest BCUT2D eigenvalue weighted by Gasteiger charge is 2.27. The molecule has 0 aliphatic carbocycles. The molecule has 1 fully saturated rings. The summed E-state index contributed by atoms with van der Waals surface area (Å²) in [7, 11) is 0. The van der Waals surface area contributed by atoms with E-state index in [4.69, 9.17) is 0 Å². The van der Waals surface area contributed by atoms with Gasteiger partial charge in [-0.3, -0.25) is 19.3 Å². The third-order valence-electron chi connectivity index (χ3n) is 4.25. The molecule has 1 saturated heterocycles. The van der Waals surface area contributed by atoms with Crippen molar-refractivity contribution in [2.45, 2.75) is 26.2 Å². The van der Waals surface area contributed by atoms with Crippen molar-refractivity contribution in [3.05, 3.63) is 46.6 Å². The van der Waals surface area contributed by atoms with Crippen LogP contribution < -0.4 is 5.32 Å². The molecule has 136 valence electrons. The molecule has 0 spiro atoms. The molecule has 3 amide bonds. The summed E-state index contributed by atoms with van der Waals surface area (Å²) in [5.74, 6) is -0.764. The van der Waals surface area contributed by atoms with Gasteiger partial charge in [0.2, 0.25) is 11.8 Å². The monoisotopic (exact) mass is 374 g/mol. The molecule has 7 heteroatoms. The second-order valence-electron chi connectivity index (χ2n) is 6.18. The Morgan fingerprint density at radius 3 is 2.50 bits per heavy atom. The SMILES string of the molecule is Cc1cc(C(=O)NCCCN2C(=O)CCC2=O)sc1-c1ccc(F)cc1. The van der Waals surface area contributed by atoms with Gasteiger partial charge in [0, 0.05) is 30.8 Å². The van der Waals surface area contributed by atoms with E-state index in [1.807, 2.05) is 13.0 Å². The third kappa shape index (κ3) is 3.99. The summed E-state index contributed by atoms with van der Waals surface area (Å²) in [5.41, 5.74) is 1.83. The van der Waals surface area contributed by atoms with Crippen molar-refractivity contribution < 1.29 is 18.8 Å². The van der Waals surface area contributed by atoms with Crippen molar-refractivity contribution in [1.29, 1.82) is 0 Å². The number of hydrogen-bond donors (Lipinski definition) is 1. The van der Waals surface area contributed by atoms with Crippen LogP contribution in [0.4, 0.5) is 4.39 Å². The molecule has 0 atom stereocenters. The molecule has 1 aliphatic rings.